The molecule has 2 fully saturated rings. The summed E-state index contributed by atoms with van der Waals surface area (Å²) in [5.41, 5.74) is 18.1. The largest absolute Gasteiger partial charge is 0.445 e. The molecule has 1 unspecified atom stereocenters. The third kappa shape index (κ3) is 39.1. The molecule has 46 heteroatoms. The Morgan fingerprint density at radius 1 is 0.640 bits per heavy atom. The molecule has 0 saturated carbocycles. The number of anilines is 3. The Hall–Kier alpha value is -11.9. The number of halogens is 2. The number of pyridine rings is 1. The molecule has 43 nitrogen and oxygen atoms in total. The number of piperidine rings is 1. The molecule has 8 rings (SSSR count). The Morgan fingerprint density at radius 2 is 1.27 bits per heavy atom. The smallest absolute Gasteiger partial charge is 0.410 e. The zero-order chi connectivity index (χ0) is 110. The zero-order valence-electron chi connectivity index (χ0n) is 88.6. The van der Waals surface area contributed by atoms with E-state index in [1.807, 2.05) is 39.0 Å². The number of urea groups is 1. The van der Waals surface area contributed by atoms with E-state index < -0.39 is 160 Å². The van der Waals surface area contributed by atoms with Gasteiger partial charge >= 0.3 is 12.1 Å². The van der Waals surface area contributed by atoms with Gasteiger partial charge in [0.2, 0.25) is 59.1 Å². The van der Waals surface area contributed by atoms with Crippen molar-refractivity contribution in [3.63, 3.8) is 0 Å². The van der Waals surface area contributed by atoms with Crippen LogP contribution in [0.4, 0.5) is 31.2 Å². The number of fused-ring (bicyclic) bond motifs is 1. The first-order chi connectivity index (χ1) is 71.4. The first kappa shape index (κ1) is 123. The highest BCUT2D eigenvalue weighted by Gasteiger charge is 2.45. The Morgan fingerprint density at radius 3 is 1.87 bits per heavy atom. The molecule has 0 bridgehead atoms. The standard InChI is InChI=1S/C104H155ClFN19O24S/c1-16-66(9)91(82(142-14)58-86(129)125-41-21-25-81(125)94(143-15)67(10)97(131)114-68(11)93(130)70-22-18-17-19-23-70)122(12)102(136)89(63(4)5)121-101(135)90(64(6)7)123(13)104(138)149-60-69-26-29-75(30-27-69)115-99(133)78(24-20-37-112-103(108)137)119-100(134)88(62(2)3)120-85(128)36-45-144-47-40-111-98(132)80(61-150(139,140)141)116-84(127)35-46-146-49-51-148-53-52-147-50-48-145-44-34-83(126)109-38-39-110-95-87(96-117-77-31-28-72(105)57-79(77)118-96)92(124-42-32-74(107)33-43-124)76(59-113-95)71-54-65(8)55-73(106)56-71/h17-19,22-23,26-31,54-57,59,62-64,66-68,74,78,80-82,88-91,93-94,130H,16,20-21,24-25,32-53,58,60-61,107H2,1-15H3,(H,109,126)(H,110,113)(H,111,132)(H,114,131)(H,115,133)(H,116,127)(H,117,118)(H,119,134)(H,120,128)(H,121,135)(H3,108,112,137)(H,139,140,141)/t66-,67+,68+,78+,80+,81-,82+,88+,89?,90-,91-,93+,94+/m1/s1. The number of primary amides is 1. The average molecular weight is 2140 g/mol. The van der Waals surface area contributed by atoms with E-state index in [4.69, 9.17) is 70.9 Å². The van der Waals surface area contributed by atoms with Crippen LogP contribution in [0.15, 0.2) is 97.2 Å². The number of nitrogens with one attached hydrogen (secondary N) is 11. The van der Waals surface area contributed by atoms with Gasteiger partial charge in [0.1, 0.15) is 60.0 Å². The quantitative estimate of drug-likeness (QED) is 0.0133. The molecular formula is C104H155ClFN19O24S. The molecular weight excluding hydrogens is 1990 g/mol. The molecule has 4 heterocycles. The number of rotatable bonds is 64. The number of carbonyl (C=O) groups is 12. The minimum atomic E-state index is -4.79. The van der Waals surface area contributed by atoms with E-state index in [1.165, 1.54) is 50.4 Å². The van der Waals surface area contributed by atoms with Crippen molar-refractivity contribution in [2.45, 2.75) is 226 Å². The lowest BCUT2D eigenvalue weighted by molar-refractivity contribution is -0.148. The van der Waals surface area contributed by atoms with E-state index in [-0.39, 0.29) is 172 Å². The molecule has 2 aliphatic rings. The number of methoxy groups -OCH3 is 2. The minimum absolute atomic E-state index is 0.00889. The number of imidazole rings is 1. The highest BCUT2D eigenvalue weighted by molar-refractivity contribution is 7.85. The van der Waals surface area contributed by atoms with Crippen molar-refractivity contribution in [2.24, 2.45) is 41.1 Å². The Labute approximate surface area is 882 Å². The number of aliphatic hydroxyl groups excluding tert-OH is 1. The molecule has 0 spiro atoms. The van der Waals surface area contributed by atoms with Gasteiger partial charge in [-0.2, -0.15) is 8.42 Å². The number of amides is 13. The molecule has 2 aromatic heterocycles. The normalized spacial score (nSPS) is 15.8. The molecule has 13 atom stereocenters. The number of nitrogens with two attached hydrogens (primary N) is 2. The van der Waals surface area contributed by atoms with Gasteiger partial charge in [-0.05, 0) is 141 Å². The first-order valence-electron chi connectivity index (χ1n) is 51.2. The number of benzene rings is 4. The number of ether oxygens (including phenoxy) is 8. The van der Waals surface area contributed by atoms with Crippen LogP contribution in [0.3, 0.4) is 0 Å². The number of aryl methyl sites for hydroxylation is 1. The molecule has 2 saturated heterocycles. The van der Waals surface area contributed by atoms with Gasteiger partial charge in [0, 0.05) is 122 Å². The SMILES string of the molecule is CC[C@@H](C)[C@H]([C@H](CC(=O)N1CCC[C@@H]1[C@@H](OC)[C@H](C)C(=O)N[C@@H](C)[C@H](O)c1ccccc1)OC)N(C)C(=O)C(NC(=O)[C@@H](C(C)C)N(C)C(=O)OCc1ccc(NC(=O)[C@H](CCCNC(N)=O)NC(=O)[C@@H](NC(=O)CCOCCNC(=O)[C@H](CS(=O)(=O)O)NC(=O)CCOCCOCCOCCOCCC(=O)NCCNc2ncc(-c3cc(C)cc(F)c3)c(N3CCC(N)CC3)c2-c2nc3ccc(Cl)cc3[nH]2)C(C)C)cc1)C(C)C. The van der Waals surface area contributed by atoms with Gasteiger partial charge in [0.25, 0.3) is 10.1 Å². The summed E-state index contributed by atoms with van der Waals surface area (Å²) in [6.07, 6.45) is 1.27. The van der Waals surface area contributed by atoms with Crippen molar-refractivity contribution in [2.75, 3.05) is 161 Å². The summed E-state index contributed by atoms with van der Waals surface area (Å²) in [6, 6.07) is 16.6. The van der Waals surface area contributed by atoms with Gasteiger partial charge in [-0.1, -0.05) is 129 Å². The van der Waals surface area contributed by atoms with Crippen LogP contribution in [-0.2, 0) is 103 Å². The number of hydrogen-bond acceptors (Lipinski definition) is 28. The van der Waals surface area contributed by atoms with E-state index >= 15 is 0 Å². The fraction of sp³-hybridized carbons (Fsp3) is 0.596. The summed E-state index contributed by atoms with van der Waals surface area (Å²) in [5, 5.41) is 39.0. The van der Waals surface area contributed by atoms with Crippen LogP contribution in [0.2, 0.25) is 5.02 Å². The second-order valence-corrected chi connectivity index (χ2v) is 40.8. The van der Waals surface area contributed by atoms with Crippen LogP contribution in [-0.4, -0.2) is 331 Å². The number of H-pyrrole nitrogens is 1. The van der Waals surface area contributed by atoms with Crippen LogP contribution in [0, 0.1) is 42.3 Å². The maximum absolute atomic E-state index is 15.0. The number of aromatic nitrogens is 3. The number of carbonyl (C=O) groups excluding carboxylic acids is 12. The molecule has 0 radical (unpaired) electrons. The second-order valence-electron chi connectivity index (χ2n) is 38.9. The summed E-state index contributed by atoms with van der Waals surface area (Å²) in [7, 11) is 1.22. The number of likely N-dealkylation sites (tertiary alicyclic amines) is 1. The zero-order valence-corrected chi connectivity index (χ0v) is 90.2. The highest BCUT2D eigenvalue weighted by atomic mass is 35.5. The van der Waals surface area contributed by atoms with Gasteiger partial charge in [0.15, 0.2) is 0 Å². The molecule has 17 N–H and O–H groups in total. The van der Waals surface area contributed by atoms with Gasteiger partial charge < -0.3 is 127 Å². The topological polar surface area (TPSA) is 580 Å². The number of hydrogen-bond donors (Lipinski definition) is 15. The summed E-state index contributed by atoms with van der Waals surface area (Å²) in [6.45, 7) is 22.0. The molecule has 150 heavy (non-hydrogen) atoms. The molecule has 2 aliphatic heterocycles. The second kappa shape index (κ2) is 62.2. The van der Waals surface area contributed by atoms with Crippen molar-refractivity contribution >= 4 is 121 Å². The van der Waals surface area contributed by atoms with E-state index in [0.29, 0.717) is 89.9 Å². The van der Waals surface area contributed by atoms with Crippen molar-refractivity contribution in [1.29, 1.82) is 0 Å². The third-order valence-corrected chi connectivity index (χ3v) is 27.3. The fourth-order valence-electron chi connectivity index (χ4n) is 18.1. The molecule has 4 aromatic carbocycles. The number of aromatic amines is 1. The third-order valence-electron chi connectivity index (χ3n) is 26.3. The van der Waals surface area contributed by atoms with Crippen molar-refractivity contribution in [3.05, 3.63) is 125 Å². The van der Waals surface area contributed by atoms with Crippen molar-refractivity contribution in [3.8, 4) is 22.5 Å². The fourth-order valence-corrected chi connectivity index (χ4v) is 18.9. The van der Waals surface area contributed by atoms with Crippen LogP contribution in [0.1, 0.15) is 163 Å². The van der Waals surface area contributed by atoms with Crippen molar-refractivity contribution < 1.29 is 118 Å². The lowest BCUT2D eigenvalue weighted by Crippen LogP contribution is -2.60. The van der Waals surface area contributed by atoms with E-state index in [0.717, 1.165) is 40.1 Å². The van der Waals surface area contributed by atoms with Gasteiger partial charge in [-0.15, -0.1) is 0 Å². The lowest BCUT2D eigenvalue weighted by Gasteiger charge is -2.41. The maximum Gasteiger partial charge on any atom is 0.410 e. The van der Waals surface area contributed by atoms with E-state index in [9.17, 15) is 80.0 Å². The van der Waals surface area contributed by atoms with Crippen LogP contribution < -0.4 is 69.5 Å². The van der Waals surface area contributed by atoms with E-state index in [2.05, 4.69) is 63.1 Å². The average Bonchev–Trinajstić information content (AvgIpc) is 1.46. The molecule has 6 aromatic rings. The lowest BCUT2D eigenvalue weighted by atomic mass is 9.89. The monoisotopic (exact) mass is 2140 g/mol. The predicted molar refractivity (Wildman–Crippen MR) is 564 cm³/mol. The summed E-state index contributed by atoms with van der Waals surface area (Å²) < 4.78 is 94.1. The van der Waals surface area contributed by atoms with Gasteiger partial charge in [-0.3, -0.25) is 57.4 Å². The number of nitrogens with zero attached hydrogens (tertiary/aromatic N) is 6. The highest BCUT2D eigenvalue weighted by Crippen LogP contribution is 2.45. The Balaban J connectivity index is 0.701. The summed E-state index contributed by atoms with van der Waals surface area (Å²) >= 11 is 6.38. The predicted octanol–water partition coefficient (Wildman–Crippen LogP) is 7.20. The van der Waals surface area contributed by atoms with Crippen molar-refractivity contribution in [1.82, 2.24) is 72.2 Å². The summed E-state index contributed by atoms with van der Waals surface area (Å²) in [5.74, 6) is -8.57. The molecule has 0 aliphatic carbocycles. The minimum Gasteiger partial charge on any atom is -0.445 e. The number of likely N-dealkylation sites (N-methyl/N-ethyl adjacent to an activating group) is 2. The first-order valence-corrected chi connectivity index (χ1v) is 53.2. The van der Waals surface area contributed by atoms with Gasteiger partial charge in [0.05, 0.1) is 137 Å². The van der Waals surface area contributed by atoms with Crippen LogP contribution in [0.5, 0.6) is 0 Å². The Kier molecular flexibility index (Phi) is 51.1. The molecule has 13 amide bonds. The van der Waals surface area contributed by atoms with Gasteiger partial charge in [-0.25, -0.2) is 23.9 Å². The molecule has 830 valence electrons. The number of aliphatic hydroxyl groups is 1. The Bertz CT molecular complexity index is 5480. The van der Waals surface area contributed by atoms with E-state index in [1.54, 1.807) is 122 Å². The summed E-state index contributed by atoms with van der Waals surface area (Å²) in [4.78, 5) is 183. The van der Waals surface area contributed by atoms with Crippen LogP contribution >= 0.6 is 11.6 Å². The maximum atomic E-state index is 15.0. The van der Waals surface area contributed by atoms with Crippen LogP contribution in [0.25, 0.3) is 33.5 Å².